The van der Waals surface area contributed by atoms with Gasteiger partial charge in [0.05, 0.1) is 10.9 Å². The van der Waals surface area contributed by atoms with Crippen LogP contribution >= 0.6 is 34.3 Å². The first-order valence-corrected chi connectivity index (χ1v) is 9.61. The van der Waals surface area contributed by atoms with Crippen molar-refractivity contribution in [1.29, 1.82) is 0 Å². The molecule has 0 spiro atoms. The molecule has 1 atom stereocenters. The molecule has 0 saturated heterocycles. The van der Waals surface area contributed by atoms with Crippen LogP contribution in [0.25, 0.3) is 0 Å². The first kappa shape index (κ1) is 18.3. The van der Waals surface area contributed by atoms with Gasteiger partial charge in [0.15, 0.2) is 5.96 Å². The molecule has 0 bridgehead atoms. The summed E-state index contributed by atoms with van der Waals surface area (Å²) in [6.45, 7) is 5.67. The Bertz CT molecular complexity index is 623. The maximum Gasteiger partial charge on any atom is 0.191 e. The van der Waals surface area contributed by atoms with Crippen molar-refractivity contribution in [3.63, 3.8) is 0 Å². The minimum Gasteiger partial charge on any atom is -0.383 e. The normalized spacial score (nSPS) is 14.5. The van der Waals surface area contributed by atoms with Crippen LogP contribution in [0.2, 0.25) is 4.34 Å². The molecular weight excluding hydrogens is 350 g/mol. The molecule has 2 rings (SSSR count). The molecule has 0 amide bonds. The summed E-state index contributed by atoms with van der Waals surface area (Å²) in [6, 6.07) is 7.83. The number of hydrogen-bond donors (Lipinski definition) is 3. The molecule has 23 heavy (non-hydrogen) atoms. The van der Waals surface area contributed by atoms with Gasteiger partial charge in [-0.2, -0.15) is 0 Å². The number of halogens is 1. The Hall–Kier alpha value is -1.08. The summed E-state index contributed by atoms with van der Waals surface area (Å²) in [7, 11) is 0. The topological polar surface area (TPSA) is 56.7 Å². The van der Waals surface area contributed by atoms with E-state index in [2.05, 4.69) is 15.6 Å². The second kappa shape index (κ2) is 8.68. The average Bonchev–Trinajstić information content (AvgIpc) is 3.17. The Morgan fingerprint density at radius 1 is 1.35 bits per heavy atom. The highest BCUT2D eigenvalue weighted by Gasteiger charge is 2.23. The quantitative estimate of drug-likeness (QED) is 0.516. The van der Waals surface area contributed by atoms with Crippen LogP contribution in [0.3, 0.4) is 0 Å². The van der Waals surface area contributed by atoms with Gasteiger partial charge in [-0.05, 0) is 43.8 Å². The fraction of sp³-hybridized carbons (Fsp3) is 0.438. The van der Waals surface area contributed by atoms with Crippen molar-refractivity contribution in [2.45, 2.75) is 25.9 Å². The van der Waals surface area contributed by atoms with E-state index in [1.807, 2.05) is 36.6 Å². The molecule has 1 unspecified atom stereocenters. The number of hydrogen-bond acceptors (Lipinski definition) is 4. The second-order valence-electron chi connectivity index (χ2n) is 5.33. The Morgan fingerprint density at radius 2 is 2.17 bits per heavy atom. The van der Waals surface area contributed by atoms with Crippen molar-refractivity contribution in [3.8, 4) is 0 Å². The van der Waals surface area contributed by atoms with Crippen molar-refractivity contribution in [2.75, 3.05) is 19.6 Å². The predicted molar refractivity (Wildman–Crippen MR) is 101 cm³/mol. The number of nitrogens with zero attached hydrogens (tertiary/aromatic N) is 1. The van der Waals surface area contributed by atoms with E-state index in [1.165, 1.54) is 4.88 Å². The van der Waals surface area contributed by atoms with Gasteiger partial charge in [0.1, 0.15) is 5.60 Å². The highest BCUT2D eigenvalue weighted by molar-refractivity contribution is 7.16. The van der Waals surface area contributed by atoms with E-state index in [0.717, 1.165) is 28.7 Å². The zero-order valence-electron chi connectivity index (χ0n) is 13.3. The molecule has 0 aliphatic carbocycles. The fourth-order valence-electron chi connectivity index (χ4n) is 2.03. The summed E-state index contributed by atoms with van der Waals surface area (Å²) in [5.41, 5.74) is -0.947. The van der Waals surface area contributed by atoms with Crippen molar-refractivity contribution in [3.05, 3.63) is 43.7 Å². The minimum absolute atomic E-state index is 0.313. The molecule has 0 aliphatic rings. The smallest absolute Gasteiger partial charge is 0.191 e. The van der Waals surface area contributed by atoms with Crippen molar-refractivity contribution < 1.29 is 5.11 Å². The van der Waals surface area contributed by atoms with Crippen LogP contribution in [0.4, 0.5) is 0 Å². The van der Waals surface area contributed by atoms with Crippen LogP contribution < -0.4 is 10.6 Å². The van der Waals surface area contributed by atoms with E-state index in [1.54, 1.807) is 29.6 Å². The SMILES string of the molecule is CCNC(=NCC(C)(O)c1cccs1)NCCc1ccc(Cl)s1. The highest BCUT2D eigenvalue weighted by Crippen LogP contribution is 2.25. The van der Waals surface area contributed by atoms with Gasteiger partial charge in [-0.15, -0.1) is 22.7 Å². The Kier molecular flexibility index (Phi) is 6.89. The Morgan fingerprint density at radius 3 is 2.78 bits per heavy atom. The van der Waals surface area contributed by atoms with Gasteiger partial charge in [0.2, 0.25) is 0 Å². The van der Waals surface area contributed by atoms with E-state index in [9.17, 15) is 5.11 Å². The zero-order chi connectivity index (χ0) is 16.7. The number of aliphatic hydroxyl groups is 1. The van der Waals surface area contributed by atoms with Crippen molar-refractivity contribution in [2.24, 2.45) is 4.99 Å². The van der Waals surface area contributed by atoms with Gasteiger partial charge < -0.3 is 15.7 Å². The number of rotatable bonds is 7. The first-order chi connectivity index (χ1) is 11.0. The monoisotopic (exact) mass is 371 g/mol. The van der Waals surface area contributed by atoms with Gasteiger partial charge in [-0.3, -0.25) is 0 Å². The maximum absolute atomic E-state index is 10.5. The van der Waals surface area contributed by atoms with Crippen molar-refractivity contribution >= 4 is 40.2 Å². The molecular formula is C16H22ClN3OS2. The molecule has 0 radical (unpaired) electrons. The third-order valence-corrected chi connectivity index (χ3v) is 5.65. The Labute approximate surface area is 150 Å². The van der Waals surface area contributed by atoms with Gasteiger partial charge in [-0.1, -0.05) is 17.7 Å². The molecule has 2 heterocycles. The van der Waals surface area contributed by atoms with Crippen LogP contribution in [0, 0.1) is 0 Å². The molecule has 3 N–H and O–H groups in total. The molecule has 0 saturated carbocycles. The molecule has 4 nitrogen and oxygen atoms in total. The molecule has 0 aromatic carbocycles. The largest absolute Gasteiger partial charge is 0.383 e. The van der Waals surface area contributed by atoms with Crippen LogP contribution in [-0.4, -0.2) is 30.7 Å². The van der Waals surface area contributed by atoms with Crippen LogP contribution in [0.5, 0.6) is 0 Å². The lowest BCUT2D eigenvalue weighted by Gasteiger charge is -2.20. The van der Waals surface area contributed by atoms with E-state index in [4.69, 9.17) is 11.6 Å². The van der Waals surface area contributed by atoms with E-state index >= 15 is 0 Å². The molecule has 2 aromatic heterocycles. The van der Waals surface area contributed by atoms with E-state index in [0.29, 0.717) is 12.5 Å². The molecule has 126 valence electrons. The molecule has 0 aliphatic heterocycles. The minimum atomic E-state index is -0.947. The third-order valence-electron chi connectivity index (χ3n) is 3.23. The van der Waals surface area contributed by atoms with Gasteiger partial charge in [-0.25, -0.2) is 4.99 Å². The number of nitrogens with one attached hydrogen (secondary N) is 2. The van der Waals surface area contributed by atoms with Crippen LogP contribution in [-0.2, 0) is 12.0 Å². The first-order valence-electron chi connectivity index (χ1n) is 7.54. The number of aliphatic imine (C=N–C) groups is 1. The van der Waals surface area contributed by atoms with Crippen molar-refractivity contribution in [1.82, 2.24) is 10.6 Å². The Balaban J connectivity index is 1.89. The van der Waals surface area contributed by atoms with Crippen LogP contribution in [0.1, 0.15) is 23.6 Å². The summed E-state index contributed by atoms with van der Waals surface area (Å²) >= 11 is 9.07. The second-order valence-corrected chi connectivity index (χ2v) is 8.08. The summed E-state index contributed by atoms with van der Waals surface area (Å²) in [4.78, 5) is 6.67. The summed E-state index contributed by atoms with van der Waals surface area (Å²) in [5.74, 6) is 0.715. The molecule has 2 aromatic rings. The number of thiophene rings is 2. The van der Waals surface area contributed by atoms with Gasteiger partial charge >= 0.3 is 0 Å². The van der Waals surface area contributed by atoms with Gasteiger partial charge in [0, 0.05) is 22.8 Å². The number of guanidine groups is 1. The lowest BCUT2D eigenvalue weighted by molar-refractivity contribution is 0.0711. The van der Waals surface area contributed by atoms with E-state index in [-0.39, 0.29) is 0 Å². The highest BCUT2D eigenvalue weighted by atomic mass is 35.5. The van der Waals surface area contributed by atoms with Crippen LogP contribution in [0.15, 0.2) is 34.6 Å². The molecule has 0 fully saturated rings. The standard InChI is InChI=1S/C16H22ClN3OS2/c1-3-18-15(19-9-8-12-6-7-14(17)23-12)20-11-16(2,21)13-5-4-10-22-13/h4-7,10,21H,3,8-9,11H2,1-2H3,(H2,18,19,20). The lowest BCUT2D eigenvalue weighted by atomic mass is 10.1. The summed E-state index contributed by atoms with van der Waals surface area (Å²) < 4.78 is 0.813. The van der Waals surface area contributed by atoms with Gasteiger partial charge in [0.25, 0.3) is 0 Å². The predicted octanol–water partition coefficient (Wildman–Crippen LogP) is 3.47. The average molecular weight is 372 g/mol. The third kappa shape index (κ3) is 5.80. The van der Waals surface area contributed by atoms with E-state index < -0.39 is 5.60 Å². The maximum atomic E-state index is 10.5. The zero-order valence-corrected chi connectivity index (χ0v) is 15.7. The fourth-order valence-corrected chi connectivity index (χ4v) is 3.89. The summed E-state index contributed by atoms with van der Waals surface area (Å²) in [5, 5.41) is 19.0. The summed E-state index contributed by atoms with van der Waals surface area (Å²) in [6.07, 6.45) is 0.892. The molecule has 7 heteroatoms. The lowest BCUT2D eigenvalue weighted by Crippen LogP contribution is -2.39.